The van der Waals surface area contributed by atoms with Crippen molar-refractivity contribution in [1.29, 1.82) is 0 Å². The van der Waals surface area contributed by atoms with E-state index >= 15 is 0 Å². The standard InChI is InChI=1S/C12H15ClN2O3/c1-8-6-14(7-9(2)18-8)11-4-3-10(13)5-12(11)15(16)17/h3-5,8-9H,6-7H2,1-2H3/t8-,9+. The zero-order valence-electron chi connectivity index (χ0n) is 10.3. The van der Waals surface area contributed by atoms with Gasteiger partial charge in [0, 0.05) is 24.2 Å². The van der Waals surface area contributed by atoms with Gasteiger partial charge in [0.2, 0.25) is 0 Å². The predicted molar refractivity (Wildman–Crippen MR) is 70.3 cm³/mol. The molecule has 0 radical (unpaired) electrons. The van der Waals surface area contributed by atoms with E-state index in [1.54, 1.807) is 12.1 Å². The second-order valence-corrected chi connectivity index (χ2v) is 4.99. The van der Waals surface area contributed by atoms with Gasteiger partial charge >= 0.3 is 0 Å². The number of nitro groups is 1. The lowest BCUT2D eigenvalue weighted by atomic mass is 10.2. The van der Waals surface area contributed by atoms with Gasteiger partial charge in [0.15, 0.2) is 0 Å². The molecule has 0 spiro atoms. The van der Waals surface area contributed by atoms with Crippen LogP contribution < -0.4 is 4.90 Å². The van der Waals surface area contributed by atoms with Crippen molar-refractivity contribution in [3.8, 4) is 0 Å². The van der Waals surface area contributed by atoms with Crippen LogP contribution in [0.3, 0.4) is 0 Å². The highest BCUT2D eigenvalue weighted by Gasteiger charge is 2.27. The molecule has 0 unspecified atom stereocenters. The molecule has 0 amide bonds. The largest absolute Gasteiger partial charge is 0.372 e. The maximum Gasteiger partial charge on any atom is 0.294 e. The number of anilines is 1. The topological polar surface area (TPSA) is 55.6 Å². The van der Waals surface area contributed by atoms with E-state index in [9.17, 15) is 10.1 Å². The van der Waals surface area contributed by atoms with Crippen LogP contribution in [0, 0.1) is 10.1 Å². The lowest BCUT2D eigenvalue weighted by Gasteiger charge is -2.36. The fourth-order valence-electron chi connectivity index (χ4n) is 2.28. The van der Waals surface area contributed by atoms with Gasteiger partial charge in [-0.2, -0.15) is 0 Å². The SMILES string of the molecule is C[C@@H]1CN(c2ccc(Cl)cc2[N+](=O)[O-])C[C@H](C)O1. The Hall–Kier alpha value is -1.33. The van der Waals surface area contributed by atoms with Crippen LogP contribution in [0.2, 0.25) is 5.02 Å². The van der Waals surface area contributed by atoms with E-state index in [4.69, 9.17) is 16.3 Å². The Morgan fingerprint density at radius 3 is 2.56 bits per heavy atom. The molecule has 18 heavy (non-hydrogen) atoms. The quantitative estimate of drug-likeness (QED) is 0.612. The minimum Gasteiger partial charge on any atom is -0.372 e. The summed E-state index contributed by atoms with van der Waals surface area (Å²) in [5.74, 6) is 0. The lowest BCUT2D eigenvalue weighted by Crippen LogP contribution is -2.45. The van der Waals surface area contributed by atoms with E-state index in [1.165, 1.54) is 6.07 Å². The Morgan fingerprint density at radius 1 is 1.39 bits per heavy atom. The molecule has 0 aliphatic carbocycles. The Morgan fingerprint density at radius 2 is 2.00 bits per heavy atom. The van der Waals surface area contributed by atoms with Gasteiger partial charge in [-0.15, -0.1) is 0 Å². The molecule has 0 aromatic heterocycles. The third-order valence-electron chi connectivity index (χ3n) is 2.89. The van der Waals surface area contributed by atoms with Gasteiger partial charge in [0.05, 0.1) is 17.1 Å². The van der Waals surface area contributed by atoms with E-state index in [0.29, 0.717) is 23.8 Å². The molecule has 2 rings (SSSR count). The lowest BCUT2D eigenvalue weighted by molar-refractivity contribution is -0.384. The van der Waals surface area contributed by atoms with Crippen molar-refractivity contribution in [2.24, 2.45) is 0 Å². The number of nitro benzene ring substituents is 1. The van der Waals surface area contributed by atoms with Crippen LogP contribution in [0.4, 0.5) is 11.4 Å². The van der Waals surface area contributed by atoms with Crippen molar-refractivity contribution in [3.63, 3.8) is 0 Å². The van der Waals surface area contributed by atoms with Crippen molar-refractivity contribution in [1.82, 2.24) is 0 Å². The van der Waals surface area contributed by atoms with Crippen molar-refractivity contribution < 1.29 is 9.66 Å². The molecule has 5 nitrogen and oxygen atoms in total. The van der Waals surface area contributed by atoms with E-state index < -0.39 is 4.92 Å². The van der Waals surface area contributed by atoms with Crippen LogP contribution in [0.25, 0.3) is 0 Å². The molecule has 1 aromatic carbocycles. The number of benzene rings is 1. The van der Waals surface area contributed by atoms with E-state index in [1.807, 2.05) is 18.7 Å². The summed E-state index contributed by atoms with van der Waals surface area (Å²) >= 11 is 5.81. The Balaban J connectivity index is 2.35. The Kier molecular flexibility index (Phi) is 3.73. The first-order chi connectivity index (χ1) is 8.47. The highest BCUT2D eigenvalue weighted by atomic mass is 35.5. The monoisotopic (exact) mass is 270 g/mol. The van der Waals surface area contributed by atoms with Gasteiger partial charge in [-0.05, 0) is 26.0 Å². The summed E-state index contributed by atoms with van der Waals surface area (Å²) in [6.07, 6.45) is 0.119. The van der Waals surface area contributed by atoms with Gasteiger partial charge in [-0.1, -0.05) is 11.6 Å². The summed E-state index contributed by atoms with van der Waals surface area (Å²) < 4.78 is 5.62. The fraction of sp³-hybridized carbons (Fsp3) is 0.500. The number of ether oxygens (including phenoxy) is 1. The molecule has 1 heterocycles. The smallest absolute Gasteiger partial charge is 0.294 e. The van der Waals surface area contributed by atoms with Gasteiger partial charge in [0.1, 0.15) is 5.69 Å². The first-order valence-electron chi connectivity index (χ1n) is 5.81. The molecular weight excluding hydrogens is 256 g/mol. The summed E-state index contributed by atoms with van der Waals surface area (Å²) in [6, 6.07) is 4.77. The molecule has 1 aliphatic rings. The highest BCUT2D eigenvalue weighted by molar-refractivity contribution is 6.30. The molecule has 1 aliphatic heterocycles. The maximum absolute atomic E-state index is 11.1. The molecule has 0 bridgehead atoms. The third-order valence-corrected chi connectivity index (χ3v) is 3.13. The highest BCUT2D eigenvalue weighted by Crippen LogP contribution is 2.32. The van der Waals surface area contributed by atoms with Crippen molar-refractivity contribution in [2.75, 3.05) is 18.0 Å². The van der Waals surface area contributed by atoms with Crippen LogP contribution in [0.5, 0.6) is 0 Å². The summed E-state index contributed by atoms with van der Waals surface area (Å²) in [4.78, 5) is 12.7. The number of hydrogen-bond acceptors (Lipinski definition) is 4. The summed E-state index contributed by atoms with van der Waals surface area (Å²) in [7, 11) is 0. The minimum absolute atomic E-state index is 0.0452. The zero-order chi connectivity index (χ0) is 13.3. The van der Waals surface area contributed by atoms with Gasteiger partial charge in [-0.3, -0.25) is 10.1 Å². The number of morpholine rings is 1. The molecule has 1 saturated heterocycles. The minimum atomic E-state index is -0.397. The fourth-order valence-corrected chi connectivity index (χ4v) is 2.45. The molecule has 2 atom stereocenters. The average Bonchev–Trinajstić information content (AvgIpc) is 2.27. The van der Waals surface area contributed by atoms with Crippen LogP contribution in [0.1, 0.15) is 13.8 Å². The van der Waals surface area contributed by atoms with Gasteiger partial charge < -0.3 is 9.64 Å². The molecular formula is C12H15ClN2O3. The van der Waals surface area contributed by atoms with Crippen molar-refractivity contribution in [2.45, 2.75) is 26.1 Å². The van der Waals surface area contributed by atoms with Crippen molar-refractivity contribution >= 4 is 23.0 Å². The maximum atomic E-state index is 11.1. The molecule has 0 N–H and O–H groups in total. The summed E-state index contributed by atoms with van der Waals surface area (Å²) in [5.41, 5.74) is 0.648. The van der Waals surface area contributed by atoms with Crippen LogP contribution in [0.15, 0.2) is 18.2 Å². The number of hydrogen-bond donors (Lipinski definition) is 0. The molecule has 98 valence electrons. The van der Waals surface area contributed by atoms with E-state index in [-0.39, 0.29) is 17.9 Å². The number of rotatable bonds is 2. The average molecular weight is 271 g/mol. The van der Waals surface area contributed by atoms with E-state index in [0.717, 1.165) is 0 Å². The first-order valence-corrected chi connectivity index (χ1v) is 6.19. The second-order valence-electron chi connectivity index (χ2n) is 4.55. The molecule has 6 heteroatoms. The van der Waals surface area contributed by atoms with E-state index in [2.05, 4.69) is 0 Å². The number of halogens is 1. The molecule has 1 aromatic rings. The Labute approximate surface area is 110 Å². The van der Waals surface area contributed by atoms with Crippen LogP contribution in [-0.2, 0) is 4.74 Å². The van der Waals surface area contributed by atoms with Crippen LogP contribution >= 0.6 is 11.6 Å². The summed E-state index contributed by atoms with van der Waals surface area (Å²) in [6.45, 7) is 5.22. The van der Waals surface area contributed by atoms with Crippen LogP contribution in [-0.4, -0.2) is 30.2 Å². The molecule has 0 saturated carbocycles. The van der Waals surface area contributed by atoms with Gasteiger partial charge in [-0.25, -0.2) is 0 Å². The third kappa shape index (κ3) is 2.73. The number of nitrogens with zero attached hydrogens (tertiary/aromatic N) is 2. The Bertz CT molecular complexity index is 457. The zero-order valence-corrected chi connectivity index (χ0v) is 11.1. The normalized spacial score (nSPS) is 24.1. The van der Waals surface area contributed by atoms with Crippen molar-refractivity contribution in [3.05, 3.63) is 33.3 Å². The van der Waals surface area contributed by atoms with Gasteiger partial charge in [0.25, 0.3) is 5.69 Å². The second kappa shape index (κ2) is 5.12. The first kappa shape index (κ1) is 13.1. The molecule has 1 fully saturated rings. The summed E-state index contributed by atoms with van der Waals surface area (Å²) in [5, 5.41) is 11.4. The predicted octanol–water partition coefficient (Wildman–Crippen LogP) is 2.86.